The predicted molar refractivity (Wildman–Crippen MR) is 79.3 cm³/mol. The molecular weight excluding hydrogens is 312 g/mol. The van der Waals surface area contributed by atoms with Gasteiger partial charge in [-0.3, -0.25) is 4.99 Å². The molecule has 0 spiro atoms. The van der Waals surface area contributed by atoms with Crippen molar-refractivity contribution >= 4 is 5.96 Å². The van der Waals surface area contributed by atoms with Crippen molar-refractivity contribution in [3.63, 3.8) is 0 Å². The molecule has 1 heterocycles. The Balaban J connectivity index is 2.05. The maximum absolute atomic E-state index is 12.6. The van der Waals surface area contributed by atoms with E-state index in [4.69, 9.17) is 14.2 Å². The summed E-state index contributed by atoms with van der Waals surface area (Å²) in [5, 5.41) is 6.03. The average molecular weight is 331 g/mol. The molecule has 0 saturated heterocycles. The molecule has 23 heavy (non-hydrogen) atoms. The molecule has 7 nitrogen and oxygen atoms in total. The number of nitrogens with one attached hydrogen (secondary N) is 2. The average Bonchev–Trinajstić information content (AvgIpc) is 2.97. The first-order valence-electron chi connectivity index (χ1n) is 6.94. The van der Waals surface area contributed by atoms with Gasteiger partial charge >= 0.3 is 6.61 Å². The molecule has 2 N–H and O–H groups in total. The highest BCUT2D eigenvalue weighted by molar-refractivity contribution is 5.79. The van der Waals surface area contributed by atoms with Crippen molar-refractivity contribution in [2.75, 3.05) is 34.1 Å². The van der Waals surface area contributed by atoms with Gasteiger partial charge in [-0.05, 0) is 6.07 Å². The quantitative estimate of drug-likeness (QED) is 0.446. The smallest absolute Gasteiger partial charge is 0.387 e. The van der Waals surface area contributed by atoms with Crippen molar-refractivity contribution in [3.05, 3.63) is 17.7 Å². The summed E-state index contributed by atoms with van der Waals surface area (Å²) in [6.45, 7) is -1.55. The normalized spacial score (nSPS) is 13.3. The number of rotatable bonds is 7. The molecule has 0 atom stereocenters. The molecule has 1 aliphatic rings. The first-order valence-corrected chi connectivity index (χ1v) is 6.94. The Kier molecular flexibility index (Phi) is 6.21. The summed E-state index contributed by atoms with van der Waals surface area (Å²) in [5.41, 5.74) is 0.504. The van der Waals surface area contributed by atoms with E-state index < -0.39 is 6.61 Å². The number of fused-ring (bicyclic) bond motifs is 1. The van der Waals surface area contributed by atoms with Gasteiger partial charge in [0.15, 0.2) is 17.5 Å². The van der Waals surface area contributed by atoms with Gasteiger partial charge in [0.25, 0.3) is 0 Å². The van der Waals surface area contributed by atoms with E-state index in [1.54, 1.807) is 20.2 Å². The molecule has 0 aromatic heterocycles. The molecule has 128 valence electrons. The van der Waals surface area contributed by atoms with Gasteiger partial charge in [0.05, 0.1) is 6.61 Å². The molecule has 0 aliphatic carbocycles. The van der Waals surface area contributed by atoms with Crippen LogP contribution in [0.25, 0.3) is 0 Å². The number of aliphatic imine (C=N–C) groups is 1. The molecule has 0 amide bonds. The highest BCUT2D eigenvalue weighted by Crippen LogP contribution is 2.38. The van der Waals surface area contributed by atoms with Crippen LogP contribution in [0, 0.1) is 0 Å². The number of alkyl halides is 2. The number of guanidine groups is 1. The number of benzene rings is 1. The van der Waals surface area contributed by atoms with E-state index in [0.717, 1.165) is 0 Å². The van der Waals surface area contributed by atoms with Crippen LogP contribution in [0.15, 0.2) is 17.1 Å². The summed E-state index contributed by atoms with van der Waals surface area (Å²) in [6, 6.07) is 3.00. The predicted octanol–water partition coefficient (Wildman–Crippen LogP) is 1.33. The number of nitrogens with zero attached hydrogens (tertiary/aromatic N) is 1. The first-order chi connectivity index (χ1) is 11.1. The third-order valence-electron chi connectivity index (χ3n) is 3.04. The second kappa shape index (κ2) is 8.37. The summed E-state index contributed by atoms with van der Waals surface area (Å²) in [7, 11) is 3.21. The Hall–Kier alpha value is -2.29. The molecule has 1 aliphatic heterocycles. The third-order valence-corrected chi connectivity index (χ3v) is 3.04. The van der Waals surface area contributed by atoms with Crippen LogP contribution < -0.4 is 24.8 Å². The van der Waals surface area contributed by atoms with Crippen molar-refractivity contribution in [1.29, 1.82) is 0 Å². The second-order valence-electron chi connectivity index (χ2n) is 4.54. The zero-order chi connectivity index (χ0) is 16.7. The minimum atomic E-state index is -2.92. The van der Waals surface area contributed by atoms with E-state index in [-0.39, 0.29) is 19.1 Å². The monoisotopic (exact) mass is 331 g/mol. The van der Waals surface area contributed by atoms with E-state index in [9.17, 15) is 8.78 Å². The lowest BCUT2D eigenvalue weighted by Crippen LogP contribution is -2.38. The summed E-state index contributed by atoms with van der Waals surface area (Å²) in [6.07, 6.45) is 0. The highest BCUT2D eigenvalue weighted by atomic mass is 19.3. The van der Waals surface area contributed by atoms with Crippen LogP contribution in [0.4, 0.5) is 8.78 Å². The van der Waals surface area contributed by atoms with Gasteiger partial charge in [-0.2, -0.15) is 8.78 Å². The van der Waals surface area contributed by atoms with Gasteiger partial charge < -0.3 is 29.6 Å². The molecule has 0 bridgehead atoms. The number of hydrogen-bond donors (Lipinski definition) is 2. The Morgan fingerprint density at radius 1 is 1.30 bits per heavy atom. The van der Waals surface area contributed by atoms with Crippen LogP contribution in [0.1, 0.15) is 5.56 Å². The fraction of sp³-hybridized carbons (Fsp3) is 0.500. The van der Waals surface area contributed by atoms with Crippen LogP contribution in [0.5, 0.6) is 17.2 Å². The van der Waals surface area contributed by atoms with Gasteiger partial charge in [-0.25, -0.2) is 0 Å². The topological polar surface area (TPSA) is 73.3 Å². The van der Waals surface area contributed by atoms with Crippen molar-refractivity contribution in [1.82, 2.24) is 10.6 Å². The van der Waals surface area contributed by atoms with Crippen LogP contribution in [0.3, 0.4) is 0 Å². The Labute approximate surface area is 132 Å². The zero-order valence-corrected chi connectivity index (χ0v) is 12.9. The van der Waals surface area contributed by atoms with Crippen molar-refractivity contribution in [3.8, 4) is 17.2 Å². The van der Waals surface area contributed by atoms with E-state index in [1.165, 1.54) is 6.07 Å². The number of methoxy groups -OCH3 is 1. The number of halogens is 2. The maximum Gasteiger partial charge on any atom is 0.387 e. The summed E-state index contributed by atoms with van der Waals surface area (Å²) < 4.78 is 45.0. The zero-order valence-electron chi connectivity index (χ0n) is 12.9. The Morgan fingerprint density at radius 2 is 2.04 bits per heavy atom. The molecule has 0 fully saturated rings. The summed E-state index contributed by atoms with van der Waals surface area (Å²) in [5.74, 6) is 1.42. The minimum absolute atomic E-state index is 0.0316. The molecule has 2 rings (SSSR count). The highest BCUT2D eigenvalue weighted by Gasteiger charge is 2.20. The second-order valence-corrected chi connectivity index (χ2v) is 4.54. The van der Waals surface area contributed by atoms with Crippen LogP contribution in [0.2, 0.25) is 0 Å². The van der Waals surface area contributed by atoms with Gasteiger partial charge in [-0.15, -0.1) is 0 Å². The fourth-order valence-corrected chi connectivity index (χ4v) is 1.98. The number of hydrogen-bond acceptors (Lipinski definition) is 5. The lowest BCUT2D eigenvalue weighted by molar-refractivity contribution is -0.0505. The van der Waals surface area contributed by atoms with E-state index >= 15 is 0 Å². The Morgan fingerprint density at radius 3 is 2.70 bits per heavy atom. The molecule has 9 heteroatoms. The Bertz CT molecular complexity index is 555. The van der Waals surface area contributed by atoms with Crippen molar-refractivity contribution in [2.45, 2.75) is 13.2 Å². The molecule has 0 saturated carbocycles. The van der Waals surface area contributed by atoms with Crippen molar-refractivity contribution < 1.29 is 27.7 Å². The SMILES string of the molecule is CN=C(NCCOC)NCc1cc2c(cc1OC(F)F)OCO2. The lowest BCUT2D eigenvalue weighted by Gasteiger charge is -2.15. The summed E-state index contributed by atoms with van der Waals surface area (Å²) >= 11 is 0. The molecule has 1 aromatic rings. The van der Waals surface area contributed by atoms with E-state index in [0.29, 0.717) is 36.2 Å². The van der Waals surface area contributed by atoms with Gasteiger partial charge in [0.1, 0.15) is 5.75 Å². The minimum Gasteiger partial charge on any atom is -0.454 e. The van der Waals surface area contributed by atoms with E-state index in [1.807, 2.05) is 0 Å². The molecule has 1 aromatic carbocycles. The third kappa shape index (κ3) is 4.85. The van der Waals surface area contributed by atoms with Crippen LogP contribution >= 0.6 is 0 Å². The molecular formula is C14H19F2N3O4. The number of ether oxygens (including phenoxy) is 4. The van der Waals surface area contributed by atoms with Gasteiger partial charge in [-0.1, -0.05) is 0 Å². The maximum atomic E-state index is 12.6. The fourth-order valence-electron chi connectivity index (χ4n) is 1.98. The summed E-state index contributed by atoms with van der Waals surface area (Å²) in [4.78, 5) is 4.03. The van der Waals surface area contributed by atoms with Crippen LogP contribution in [-0.4, -0.2) is 46.7 Å². The van der Waals surface area contributed by atoms with Crippen LogP contribution in [-0.2, 0) is 11.3 Å². The largest absolute Gasteiger partial charge is 0.454 e. The van der Waals surface area contributed by atoms with Gasteiger partial charge in [0.2, 0.25) is 6.79 Å². The first kappa shape index (κ1) is 17.1. The van der Waals surface area contributed by atoms with Crippen molar-refractivity contribution in [2.24, 2.45) is 4.99 Å². The molecule has 0 unspecified atom stereocenters. The van der Waals surface area contributed by atoms with Gasteiger partial charge in [0, 0.05) is 38.9 Å². The lowest BCUT2D eigenvalue weighted by atomic mass is 10.1. The van der Waals surface area contributed by atoms with E-state index in [2.05, 4.69) is 20.4 Å². The molecule has 0 radical (unpaired) electrons. The standard InChI is InChI=1S/C14H19F2N3O4/c1-17-14(18-3-4-20-2)19-7-9-5-11-12(22-8-21-11)6-10(9)23-13(15)16/h5-6,13H,3-4,7-8H2,1-2H3,(H2,17,18,19).